The fourth-order valence-electron chi connectivity index (χ4n) is 3.72. The largest absolute Gasteiger partial charge is 0.353 e. The number of H-pyrrole nitrogens is 1. The van der Waals surface area contributed by atoms with Crippen LogP contribution in [0.2, 0.25) is 0 Å². The highest BCUT2D eigenvalue weighted by Gasteiger charge is 2.21. The second-order valence-corrected chi connectivity index (χ2v) is 9.13. The summed E-state index contributed by atoms with van der Waals surface area (Å²) in [4.78, 5) is 34.2. The first-order valence-electron chi connectivity index (χ1n) is 9.32. The number of nitrogens with zero attached hydrogens (tertiary/aromatic N) is 1. The van der Waals surface area contributed by atoms with Crippen molar-refractivity contribution in [3.8, 4) is 0 Å². The number of piperidine rings is 1. The first-order valence-corrected chi connectivity index (χ1v) is 11.3. The van der Waals surface area contributed by atoms with E-state index in [1.165, 1.54) is 10.4 Å². The number of aromatic amines is 1. The lowest BCUT2D eigenvalue weighted by atomic mass is 10.1. The Bertz CT molecular complexity index is 855. The summed E-state index contributed by atoms with van der Waals surface area (Å²) < 4.78 is 0. The highest BCUT2D eigenvalue weighted by atomic mass is 32.2. The van der Waals surface area contributed by atoms with Crippen molar-refractivity contribution in [3.05, 3.63) is 26.6 Å². The van der Waals surface area contributed by atoms with E-state index in [0.29, 0.717) is 24.0 Å². The van der Waals surface area contributed by atoms with Gasteiger partial charge in [0.1, 0.15) is 10.7 Å². The first-order chi connectivity index (χ1) is 12.7. The molecule has 3 heterocycles. The van der Waals surface area contributed by atoms with Gasteiger partial charge in [-0.05, 0) is 50.8 Å². The van der Waals surface area contributed by atoms with E-state index in [0.717, 1.165) is 61.2 Å². The summed E-state index contributed by atoms with van der Waals surface area (Å²) in [5.74, 6) is 2.20. The number of carbonyl (C=O) groups excluding carboxylic acids is 1. The van der Waals surface area contributed by atoms with Gasteiger partial charge in [-0.1, -0.05) is 0 Å². The molecule has 2 aliphatic rings. The highest BCUT2D eigenvalue weighted by Crippen LogP contribution is 2.34. The number of nitrogens with one attached hydrogen (secondary N) is 3. The van der Waals surface area contributed by atoms with Crippen LogP contribution in [-0.4, -0.2) is 40.8 Å². The Morgan fingerprint density at radius 2 is 2.15 bits per heavy atom. The summed E-state index contributed by atoms with van der Waals surface area (Å²) in [5.41, 5.74) is 1.21. The van der Waals surface area contributed by atoms with E-state index in [2.05, 4.69) is 20.6 Å². The molecule has 0 radical (unpaired) electrons. The normalized spacial score (nSPS) is 17.5. The summed E-state index contributed by atoms with van der Waals surface area (Å²) >= 11 is 3.31. The van der Waals surface area contributed by atoms with E-state index in [1.807, 2.05) is 0 Å². The zero-order valence-corrected chi connectivity index (χ0v) is 16.4. The number of hydrogen-bond donors (Lipinski definition) is 3. The lowest BCUT2D eigenvalue weighted by Crippen LogP contribution is -2.42. The number of carbonyl (C=O) groups is 1. The Kier molecular flexibility index (Phi) is 5.61. The van der Waals surface area contributed by atoms with E-state index in [9.17, 15) is 9.59 Å². The molecule has 0 spiro atoms. The van der Waals surface area contributed by atoms with Crippen molar-refractivity contribution in [1.82, 2.24) is 20.6 Å². The van der Waals surface area contributed by atoms with Crippen LogP contribution in [0.15, 0.2) is 4.79 Å². The lowest BCUT2D eigenvalue weighted by molar-refractivity contribution is -0.121. The van der Waals surface area contributed by atoms with Crippen molar-refractivity contribution in [2.75, 3.05) is 18.8 Å². The number of hydrogen-bond acceptors (Lipinski definition) is 6. The number of thiophene rings is 1. The standard InChI is InChI=1S/C18H24N4O2S2/c23-15(20-11-4-7-19-8-5-11)6-9-25-10-14-21-17(24)16-12-2-1-3-13(12)26-18(16)22-14/h11,19H,1-10H2,(H,20,23)(H,21,22,24). The minimum Gasteiger partial charge on any atom is -0.353 e. The SMILES string of the molecule is O=C(CCSCc1nc2sc3c(c2c(=O)[nH]1)CCC3)NC1CCNCC1. The molecule has 0 aromatic carbocycles. The third-order valence-corrected chi connectivity index (χ3v) is 7.20. The van der Waals surface area contributed by atoms with Gasteiger partial charge in [0.25, 0.3) is 5.56 Å². The molecule has 0 atom stereocenters. The van der Waals surface area contributed by atoms with Crippen LogP contribution in [0.3, 0.4) is 0 Å². The van der Waals surface area contributed by atoms with Gasteiger partial charge in [0.05, 0.1) is 11.1 Å². The maximum Gasteiger partial charge on any atom is 0.259 e. The zero-order valence-electron chi connectivity index (χ0n) is 14.7. The van der Waals surface area contributed by atoms with E-state index >= 15 is 0 Å². The molecule has 8 heteroatoms. The van der Waals surface area contributed by atoms with Gasteiger partial charge in [-0.3, -0.25) is 9.59 Å². The molecule has 3 N–H and O–H groups in total. The third kappa shape index (κ3) is 3.97. The van der Waals surface area contributed by atoms with Gasteiger partial charge in [-0.2, -0.15) is 11.8 Å². The van der Waals surface area contributed by atoms with E-state index in [4.69, 9.17) is 0 Å². The number of aryl methyl sites for hydroxylation is 2. The van der Waals surface area contributed by atoms with Crippen LogP contribution in [0, 0.1) is 0 Å². The molecule has 2 aromatic rings. The third-order valence-electron chi connectivity index (χ3n) is 5.04. The minimum absolute atomic E-state index is 0.00588. The predicted octanol–water partition coefficient (Wildman–Crippen LogP) is 1.96. The molecule has 0 saturated carbocycles. The number of rotatable bonds is 6. The first kappa shape index (κ1) is 18.0. The summed E-state index contributed by atoms with van der Waals surface area (Å²) in [6.45, 7) is 1.96. The smallest absolute Gasteiger partial charge is 0.259 e. The summed E-state index contributed by atoms with van der Waals surface area (Å²) in [5, 5.41) is 7.21. The van der Waals surface area contributed by atoms with Gasteiger partial charge >= 0.3 is 0 Å². The van der Waals surface area contributed by atoms with E-state index < -0.39 is 0 Å². The van der Waals surface area contributed by atoms with Crippen molar-refractivity contribution in [3.63, 3.8) is 0 Å². The fraction of sp³-hybridized carbons (Fsp3) is 0.611. The highest BCUT2D eigenvalue weighted by molar-refractivity contribution is 7.98. The Hall–Kier alpha value is -1.38. The zero-order chi connectivity index (χ0) is 17.9. The number of fused-ring (bicyclic) bond motifs is 3. The molecule has 1 fully saturated rings. The van der Waals surface area contributed by atoms with Crippen LogP contribution in [0.5, 0.6) is 0 Å². The fourth-order valence-corrected chi connectivity index (χ4v) is 5.80. The maximum atomic E-state index is 12.4. The van der Waals surface area contributed by atoms with Crippen LogP contribution >= 0.6 is 23.1 Å². The summed E-state index contributed by atoms with van der Waals surface area (Å²) in [6.07, 6.45) is 5.75. The summed E-state index contributed by atoms with van der Waals surface area (Å²) in [6, 6.07) is 0.315. The van der Waals surface area contributed by atoms with E-state index in [-0.39, 0.29) is 11.5 Å². The van der Waals surface area contributed by atoms with Crippen LogP contribution in [0.25, 0.3) is 10.2 Å². The average molecular weight is 393 g/mol. The van der Waals surface area contributed by atoms with Crippen molar-refractivity contribution < 1.29 is 4.79 Å². The van der Waals surface area contributed by atoms with Gasteiger partial charge in [0.15, 0.2) is 0 Å². The summed E-state index contributed by atoms with van der Waals surface area (Å²) in [7, 11) is 0. The van der Waals surface area contributed by atoms with Gasteiger partial charge in [0, 0.05) is 23.1 Å². The molecular weight excluding hydrogens is 368 g/mol. The van der Waals surface area contributed by atoms with Crippen LogP contribution in [-0.2, 0) is 23.4 Å². The Balaban J connectivity index is 1.28. The topological polar surface area (TPSA) is 86.9 Å². The molecule has 4 rings (SSSR count). The van der Waals surface area contributed by atoms with E-state index in [1.54, 1.807) is 23.1 Å². The van der Waals surface area contributed by atoms with Crippen LogP contribution in [0.1, 0.15) is 41.9 Å². The Morgan fingerprint density at radius 3 is 3.00 bits per heavy atom. The molecule has 140 valence electrons. The molecule has 1 saturated heterocycles. The number of thioether (sulfide) groups is 1. The molecule has 1 aliphatic heterocycles. The van der Waals surface area contributed by atoms with Crippen molar-refractivity contribution in [1.29, 1.82) is 0 Å². The molecule has 6 nitrogen and oxygen atoms in total. The number of aromatic nitrogens is 2. The lowest BCUT2D eigenvalue weighted by Gasteiger charge is -2.23. The minimum atomic E-state index is -0.00588. The molecular formula is C18H24N4O2S2. The van der Waals surface area contributed by atoms with Gasteiger partial charge in [-0.15, -0.1) is 11.3 Å². The molecule has 2 aromatic heterocycles. The van der Waals surface area contributed by atoms with Crippen molar-refractivity contribution in [2.45, 2.75) is 50.3 Å². The molecule has 1 aliphatic carbocycles. The monoisotopic (exact) mass is 392 g/mol. The van der Waals surface area contributed by atoms with Crippen molar-refractivity contribution >= 4 is 39.2 Å². The molecule has 26 heavy (non-hydrogen) atoms. The molecule has 1 amide bonds. The van der Waals surface area contributed by atoms with Crippen LogP contribution < -0.4 is 16.2 Å². The quantitative estimate of drug-likeness (QED) is 0.654. The Morgan fingerprint density at radius 1 is 1.31 bits per heavy atom. The second-order valence-electron chi connectivity index (χ2n) is 6.94. The Labute approximate surface area is 160 Å². The van der Waals surface area contributed by atoms with Crippen LogP contribution in [0.4, 0.5) is 0 Å². The van der Waals surface area contributed by atoms with Crippen molar-refractivity contribution in [2.24, 2.45) is 0 Å². The molecule has 0 unspecified atom stereocenters. The maximum absolute atomic E-state index is 12.4. The second kappa shape index (κ2) is 8.10. The number of amides is 1. The van der Waals surface area contributed by atoms with Gasteiger partial charge < -0.3 is 15.6 Å². The predicted molar refractivity (Wildman–Crippen MR) is 107 cm³/mol. The van der Waals surface area contributed by atoms with Gasteiger partial charge in [-0.25, -0.2) is 4.98 Å². The van der Waals surface area contributed by atoms with Gasteiger partial charge in [0.2, 0.25) is 5.91 Å². The average Bonchev–Trinajstić information content (AvgIpc) is 3.20. The molecule has 0 bridgehead atoms.